The van der Waals surface area contributed by atoms with E-state index in [1.807, 2.05) is 0 Å². The van der Waals surface area contributed by atoms with Crippen molar-refractivity contribution in [3.63, 3.8) is 0 Å². The Morgan fingerprint density at radius 1 is 1.12 bits per heavy atom. The number of carbonyl (C=O) groups excluding carboxylic acids is 1. The summed E-state index contributed by atoms with van der Waals surface area (Å²) in [5, 5.41) is 11.1. The van der Waals surface area contributed by atoms with Crippen LogP contribution in [0, 0.1) is 15.9 Å². The summed E-state index contributed by atoms with van der Waals surface area (Å²) < 4.78 is 29.4. The van der Waals surface area contributed by atoms with Gasteiger partial charge in [0.15, 0.2) is 17.2 Å². The van der Waals surface area contributed by atoms with Crippen LogP contribution in [-0.2, 0) is 16.1 Å². The fraction of sp³-hybridized carbons (Fsp3) is 0.0833. The van der Waals surface area contributed by atoms with Gasteiger partial charge in [0, 0.05) is 11.6 Å². The van der Waals surface area contributed by atoms with E-state index in [0.29, 0.717) is 17.1 Å². The van der Waals surface area contributed by atoms with Crippen LogP contribution in [0.3, 0.4) is 0 Å². The maximum atomic E-state index is 13.1. The monoisotopic (exact) mass is 482 g/mol. The summed E-state index contributed by atoms with van der Waals surface area (Å²) in [6.07, 6.45) is 1.49. The van der Waals surface area contributed by atoms with Crippen molar-refractivity contribution in [1.82, 2.24) is 0 Å². The molecule has 0 spiro atoms. The number of hydrogen-bond donors (Lipinski definition) is 0. The molecule has 0 amide bonds. The van der Waals surface area contributed by atoms with E-state index in [4.69, 9.17) is 25.8 Å². The summed E-state index contributed by atoms with van der Waals surface area (Å²) in [6.45, 7) is 0.213. The summed E-state index contributed by atoms with van der Waals surface area (Å²) in [4.78, 5) is 26.9. The molecule has 0 atom stereocenters. The molecule has 3 aromatic rings. The van der Waals surface area contributed by atoms with E-state index in [0.717, 1.165) is 5.56 Å². The number of esters is 1. The van der Waals surface area contributed by atoms with Crippen molar-refractivity contribution in [1.29, 1.82) is 0 Å². The highest BCUT2D eigenvalue weighted by Gasteiger charge is 2.26. The highest BCUT2D eigenvalue weighted by molar-refractivity contribution is 6.32. The van der Waals surface area contributed by atoms with Crippen LogP contribution in [0.4, 0.5) is 10.1 Å². The lowest BCUT2D eigenvalue weighted by Crippen LogP contribution is -2.06. The van der Waals surface area contributed by atoms with E-state index in [1.54, 1.807) is 30.3 Å². The summed E-state index contributed by atoms with van der Waals surface area (Å²) in [5.41, 5.74) is 1.30. The minimum Gasteiger partial charge on any atom is -0.493 e. The van der Waals surface area contributed by atoms with E-state index < -0.39 is 10.9 Å². The molecule has 34 heavy (non-hydrogen) atoms. The fourth-order valence-electron chi connectivity index (χ4n) is 3.11. The summed E-state index contributed by atoms with van der Waals surface area (Å²) in [7, 11) is 1.48. The van der Waals surface area contributed by atoms with Crippen LogP contribution in [-0.4, -0.2) is 23.9 Å². The van der Waals surface area contributed by atoms with Gasteiger partial charge in [-0.1, -0.05) is 29.8 Å². The minimum absolute atomic E-state index is 0.00892. The molecule has 1 aliphatic rings. The number of nitro groups is 1. The second kappa shape index (κ2) is 9.72. The SMILES string of the molecule is COc1cc(/C=C2\N=C(c3ccc(Cl)c([N+](=O)[O-])c3)OC2=O)ccc1OCc1ccc(F)cc1. The predicted octanol–water partition coefficient (Wildman–Crippen LogP) is 5.32. The van der Waals surface area contributed by atoms with E-state index in [1.165, 1.54) is 43.5 Å². The van der Waals surface area contributed by atoms with Gasteiger partial charge in [0.25, 0.3) is 5.69 Å². The van der Waals surface area contributed by atoms with Gasteiger partial charge in [0.2, 0.25) is 5.90 Å². The molecule has 10 heteroatoms. The Morgan fingerprint density at radius 2 is 1.88 bits per heavy atom. The first-order valence-electron chi connectivity index (χ1n) is 9.86. The molecule has 172 valence electrons. The average molecular weight is 483 g/mol. The molecule has 0 N–H and O–H groups in total. The molecule has 0 unspecified atom stereocenters. The van der Waals surface area contributed by atoms with Gasteiger partial charge in [-0.05, 0) is 53.6 Å². The van der Waals surface area contributed by atoms with Gasteiger partial charge in [0.1, 0.15) is 17.4 Å². The van der Waals surface area contributed by atoms with Gasteiger partial charge in [-0.2, -0.15) is 0 Å². The lowest BCUT2D eigenvalue weighted by atomic mass is 10.1. The smallest absolute Gasteiger partial charge is 0.363 e. The van der Waals surface area contributed by atoms with E-state index in [-0.39, 0.29) is 40.3 Å². The number of cyclic esters (lactones) is 1. The molecular weight excluding hydrogens is 467 g/mol. The highest BCUT2D eigenvalue weighted by Crippen LogP contribution is 2.31. The molecule has 0 fully saturated rings. The zero-order valence-electron chi connectivity index (χ0n) is 17.7. The van der Waals surface area contributed by atoms with Gasteiger partial charge in [-0.15, -0.1) is 0 Å². The average Bonchev–Trinajstić information content (AvgIpc) is 3.19. The first-order chi connectivity index (χ1) is 16.3. The van der Waals surface area contributed by atoms with Crippen molar-refractivity contribution >= 4 is 35.2 Å². The fourth-order valence-corrected chi connectivity index (χ4v) is 3.30. The normalized spacial score (nSPS) is 14.0. The number of rotatable bonds is 7. The van der Waals surface area contributed by atoms with Gasteiger partial charge in [0.05, 0.1) is 12.0 Å². The topological polar surface area (TPSA) is 100 Å². The second-order valence-corrected chi connectivity index (χ2v) is 7.49. The van der Waals surface area contributed by atoms with Gasteiger partial charge in [-0.3, -0.25) is 10.1 Å². The summed E-state index contributed by atoms with van der Waals surface area (Å²) in [5.74, 6) is -0.226. The number of carbonyl (C=O) groups is 1. The molecule has 0 radical (unpaired) electrons. The summed E-state index contributed by atoms with van der Waals surface area (Å²) >= 11 is 5.83. The molecule has 0 saturated heterocycles. The van der Waals surface area contributed by atoms with Crippen LogP contribution < -0.4 is 9.47 Å². The predicted molar refractivity (Wildman–Crippen MR) is 122 cm³/mol. The number of halogens is 2. The molecule has 1 heterocycles. The Kier molecular flexibility index (Phi) is 6.55. The Morgan fingerprint density at radius 3 is 2.59 bits per heavy atom. The maximum Gasteiger partial charge on any atom is 0.363 e. The van der Waals surface area contributed by atoms with Crippen LogP contribution in [0.1, 0.15) is 16.7 Å². The van der Waals surface area contributed by atoms with E-state index in [2.05, 4.69) is 4.99 Å². The van der Waals surface area contributed by atoms with Crippen molar-refractivity contribution in [2.45, 2.75) is 6.61 Å². The van der Waals surface area contributed by atoms with E-state index >= 15 is 0 Å². The Balaban J connectivity index is 1.55. The number of ether oxygens (including phenoxy) is 3. The molecule has 8 nitrogen and oxygen atoms in total. The molecule has 0 bridgehead atoms. The number of benzene rings is 3. The Hall–Kier alpha value is -4.24. The first kappa shape index (κ1) is 22.9. The third-order valence-corrected chi connectivity index (χ3v) is 5.13. The third kappa shape index (κ3) is 5.05. The number of nitrogens with zero attached hydrogens (tertiary/aromatic N) is 2. The molecule has 0 aromatic heterocycles. The van der Waals surface area contributed by atoms with Crippen molar-refractivity contribution < 1.29 is 28.3 Å². The Bertz CT molecular complexity index is 1340. The summed E-state index contributed by atoms with van der Waals surface area (Å²) in [6, 6.07) is 15.0. The van der Waals surface area contributed by atoms with E-state index in [9.17, 15) is 19.3 Å². The maximum absolute atomic E-state index is 13.1. The third-order valence-electron chi connectivity index (χ3n) is 4.81. The lowest BCUT2D eigenvalue weighted by Gasteiger charge is -2.11. The minimum atomic E-state index is -0.705. The van der Waals surface area contributed by atoms with Crippen LogP contribution in [0.5, 0.6) is 11.5 Å². The number of aliphatic imine (C=N–C) groups is 1. The van der Waals surface area contributed by atoms with Crippen LogP contribution in [0.2, 0.25) is 5.02 Å². The molecule has 3 aromatic carbocycles. The Labute approximate surface area is 198 Å². The molecule has 0 saturated carbocycles. The molecule has 1 aliphatic heterocycles. The van der Waals surface area contributed by atoms with Crippen molar-refractivity contribution in [3.05, 3.63) is 104 Å². The first-order valence-corrected chi connectivity index (χ1v) is 10.2. The largest absolute Gasteiger partial charge is 0.493 e. The molecule has 0 aliphatic carbocycles. The molecule has 4 rings (SSSR count). The standard InChI is InChI=1S/C24H16ClFN2O6/c1-32-22-11-15(4-9-21(22)33-13-14-2-6-17(26)7-3-14)10-19-24(29)34-23(27-19)16-5-8-18(25)20(12-16)28(30)31/h2-12H,13H2,1H3/b19-10-. The van der Waals surface area contributed by atoms with Crippen LogP contribution in [0.25, 0.3) is 6.08 Å². The zero-order valence-corrected chi connectivity index (χ0v) is 18.4. The lowest BCUT2D eigenvalue weighted by molar-refractivity contribution is -0.384. The number of methoxy groups -OCH3 is 1. The van der Waals surface area contributed by atoms with Crippen molar-refractivity contribution in [2.75, 3.05) is 7.11 Å². The number of nitro benzene ring substituents is 1. The van der Waals surface area contributed by atoms with Gasteiger partial charge >= 0.3 is 5.97 Å². The van der Waals surface area contributed by atoms with Crippen molar-refractivity contribution in [2.24, 2.45) is 4.99 Å². The number of hydrogen-bond acceptors (Lipinski definition) is 7. The zero-order chi connectivity index (χ0) is 24.2. The highest BCUT2D eigenvalue weighted by atomic mass is 35.5. The molecular formula is C24H16ClFN2O6. The quantitative estimate of drug-likeness (QED) is 0.195. The second-order valence-electron chi connectivity index (χ2n) is 7.08. The van der Waals surface area contributed by atoms with Crippen molar-refractivity contribution in [3.8, 4) is 11.5 Å². The van der Waals surface area contributed by atoms with Gasteiger partial charge in [-0.25, -0.2) is 14.2 Å². The van der Waals surface area contributed by atoms with Gasteiger partial charge < -0.3 is 14.2 Å². The van der Waals surface area contributed by atoms with Crippen LogP contribution in [0.15, 0.2) is 71.4 Å². The van der Waals surface area contributed by atoms with Crippen LogP contribution >= 0.6 is 11.6 Å².